The second-order valence-corrected chi connectivity index (χ2v) is 8.46. The van der Waals surface area contributed by atoms with Crippen LogP contribution in [0, 0.1) is 12.8 Å². The summed E-state index contributed by atoms with van der Waals surface area (Å²) < 4.78 is 6.67. The van der Waals surface area contributed by atoms with Crippen molar-refractivity contribution in [3.8, 4) is 22.7 Å². The molecule has 3 N–H and O–H groups in total. The smallest absolute Gasteiger partial charge is 0.280 e. The first-order valence-corrected chi connectivity index (χ1v) is 11.0. The van der Waals surface area contributed by atoms with Crippen LogP contribution in [-0.4, -0.2) is 33.8 Å². The number of carbonyl (C=O) groups is 1. The first-order valence-electron chi connectivity index (χ1n) is 11.0. The molecule has 0 aliphatic heterocycles. The number of carbonyl (C=O) groups excluding carboxylic acids is 1. The monoisotopic (exact) mass is 457 g/mol. The number of nitrogens with one attached hydrogen (secondary N) is 1. The highest BCUT2D eigenvalue weighted by atomic mass is 16.5. The summed E-state index contributed by atoms with van der Waals surface area (Å²) in [5.41, 5.74) is 9.12. The maximum absolute atomic E-state index is 13.1. The largest absolute Gasteiger partial charge is 0.496 e. The molecule has 4 aromatic rings. The summed E-state index contributed by atoms with van der Waals surface area (Å²) in [4.78, 5) is 29.6. The predicted octanol–water partition coefficient (Wildman–Crippen LogP) is 3.69. The minimum absolute atomic E-state index is 0.0148. The van der Waals surface area contributed by atoms with Gasteiger partial charge in [-0.2, -0.15) is 9.78 Å². The van der Waals surface area contributed by atoms with Crippen LogP contribution < -0.4 is 21.3 Å². The van der Waals surface area contributed by atoms with Crippen LogP contribution in [0.3, 0.4) is 0 Å². The van der Waals surface area contributed by atoms with E-state index in [0.717, 1.165) is 27.8 Å². The van der Waals surface area contributed by atoms with Crippen LogP contribution >= 0.6 is 0 Å². The Labute approximate surface area is 197 Å². The predicted molar refractivity (Wildman–Crippen MR) is 133 cm³/mol. The highest BCUT2D eigenvalue weighted by Gasteiger charge is 2.17. The van der Waals surface area contributed by atoms with Gasteiger partial charge in [-0.15, -0.1) is 0 Å². The van der Waals surface area contributed by atoms with E-state index in [2.05, 4.69) is 15.4 Å². The van der Waals surface area contributed by atoms with Crippen LogP contribution in [0.25, 0.3) is 27.7 Å². The number of anilines is 1. The third-order valence-electron chi connectivity index (χ3n) is 5.86. The van der Waals surface area contributed by atoms with Crippen molar-refractivity contribution < 1.29 is 9.53 Å². The highest BCUT2D eigenvalue weighted by molar-refractivity contribution is 5.94. The Morgan fingerprint density at radius 1 is 1.12 bits per heavy atom. The highest BCUT2D eigenvalue weighted by Crippen LogP contribution is 2.31. The third-order valence-corrected chi connectivity index (χ3v) is 5.86. The Morgan fingerprint density at radius 2 is 1.91 bits per heavy atom. The number of hydrogen-bond acceptors (Lipinski definition) is 6. The fourth-order valence-corrected chi connectivity index (χ4v) is 3.74. The average molecular weight is 458 g/mol. The lowest BCUT2D eigenvalue weighted by atomic mass is 9.98. The number of fused-ring (bicyclic) bond motifs is 1. The number of amides is 1. The van der Waals surface area contributed by atoms with Gasteiger partial charge in [-0.25, -0.2) is 4.98 Å². The Morgan fingerprint density at radius 3 is 2.59 bits per heavy atom. The molecule has 2 aromatic carbocycles. The van der Waals surface area contributed by atoms with Gasteiger partial charge in [0.25, 0.3) is 5.56 Å². The van der Waals surface area contributed by atoms with E-state index < -0.39 is 6.04 Å². The SMILES string of the molecule is COc1cccc(-c2ccc3c(=O)n(-c4ccc(NC(=O)[C@@H](N)C(C)C)cn4)ncc3c2)c1C. The summed E-state index contributed by atoms with van der Waals surface area (Å²) >= 11 is 0. The van der Waals surface area contributed by atoms with Crippen LogP contribution in [0.2, 0.25) is 0 Å². The van der Waals surface area contributed by atoms with Gasteiger partial charge in [0.15, 0.2) is 5.82 Å². The van der Waals surface area contributed by atoms with Crippen molar-refractivity contribution in [3.05, 3.63) is 76.8 Å². The molecule has 2 aromatic heterocycles. The van der Waals surface area contributed by atoms with Crippen LogP contribution in [-0.2, 0) is 4.79 Å². The molecular formula is C26H27N5O3. The van der Waals surface area contributed by atoms with Crippen molar-refractivity contribution in [2.75, 3.05) is 12.4 Å². The second kappa shape index (κ2) is 9.44. The molecule has 8 heteroatoms. The van der Waals surface area contributed by atoms with E-state index in [1.807, 2.05) is 51.1 Å². The molecule has 0 bridgehead atoms. The normalized spacial score (nSPS) is 12.1. The van der Waals surface area contributed by atoms with Crippen LogP contribution in [0.5, 0.6) is 5.75 Å². The van der Waals surface area contributed by atoms with Gasteiger partial charge in [0, 0.05) is 5.39 Å². The topological polar surface area (TPSA) is 112 Å². The standard InChI is InChI=1S/C26H27N5O3/c1-15(2)24(27)25(32)30-19-9-11-23(28-14-19)31-26(33)21-10-8-17(12-18(21)13-29-31)20-6-5-7-22(34-4)16(20)3/h5-15,24H,27H2,1-4H3,(H,30,32)/t24-/m0/s1. The van der Waals surface area contributed by atoms with Gasteiger partial charge in [0.05, 0.1) is 36.6 Å². The molecule has 1 atom stereocenters. The Balaban J connectivity index is 1.64. The van der Waals surface area contributed by atoms with Gasteiger partial charge in [0.1, 0.15) is 5.75 Å². The van der Waals surface area contributed by atoms with Crippen LogP contribution in [0.1, 0.15) is 19.4 Å². The maximum atomic E-state index is 13.1. The quantitative estimate of drug-likeness (QED) is 0.457. The van der Waals surface area contributed by atoms with E-state index in [0.29, 0.717) is 16.9 Å². The molecule has 0 spiro atoms. The molecule has 0 aliphatic rings. The number of nitrogens with two attached hydrogens (primary N) is 1. The zero-order valence-corrected chi connectivity index (χ0v) is 19.6. The molecule has 8 nitrogen and oxygen atoms in total. The fourth-order valence-electron chi connectivity index (χ4n) is 3.74. The summed E-state index contributed by atoms with van der Waals surface area (Å²) in [5.74, 6) is 0.891. The lowest BCUT2D eigenvalue weighted by Crippen LogP contribution is -2.39. The summed E-state index contributed by atoms with van der Waals surface area (Å²) in [6, 6.07) is 14.2. The minimum Gasteiger partial charge on any atom is -0.496 e. The zero-order valence-electron chi connectivity index (χ0n) is 19.6. The molecule has 0 saturated carbocycles. The van der Waals surface area contributed by atoms with E-state index >= 15 is 0 Å². The number of benzene rings is 2. The number of aromatic nitrogens is 3. The average Bonchev–Trinajstić information content (AvgIpc) is 2.84. The number of nitrogens with zero attached hydrogens (tertiary/aromatic N) is 3. The van der Waals surface area contributed by atoms with Gasteiger partial charge in [-0.05, 0) is 59.9 Å². The first kappa shape index (κ1) is 23.1. The Bertz CT molecular complexity index is 1410. The molecule has 0 saturated heterocycles. The van der Waals surface area contributed by atoms with Crippen LogP contribution in [0.4, 0.5) is 5.69 Å². The Hall–Kier alpha value is -4.04. The van der Waals surface area contributed by atoms with E-state index in [9.17, 15) is 9.59 Å². The number of ether oxygens (including phenoxy) is 1. The van der Waals surface area contributed by atoms with Gasteiger partial charge in [0.2, 0.25) is 5.91 Å². The number of hydrogen-bond donors (Lipinski definition) is 2. The van der Waals surface area contributed by atoms with Gasteiger partial charge in [-0.1, -0.05) is 32.0 Å². The number of methoxy groups -OCH3 is 1. The zero-order chi connectivity index (χ0) is 24.4. The third kappa shape index (κ3) is 4.40. The van der Waals surface area contributed by atoms with Gasteiger partial charge in [-0.3, -0.25) is 9.59 Å². The van der Waals surface area contributed by atoms with Crippen molar-refractivity contribution >= 4 is 22.4 Å². The first-order chi connectivity index (χ1) is 16.3. The lowest BCUT2D eigenvalue weighted by molar-refractivity contribution is -0.118. The molecule has 0 radical (unpaired) electrons. The van der Waals surface area contributed by atoms with Crippen molar-refractivity contribution in [1.82, 2.24) is 14.8 Å². The number of rotatable bonds is 6. The van der Waals surface area contributed by atoms with Crippen molar-refractivity contribution in [3.63, 3.8) is 0 Å². The van der Waals surface area contributed by atoms with Gasteiger partial charge >= 0.3 is 0 Å². The minimum atomic E-state index is -0.616. The summed E-state index contributed by atoms with van der Waals surface area (Å²) in [6.07, 6.45) is 3.13. The van der Waals surface area contributed by atoms with E-state index in [4.69, 9.17) is 10.5 Å². The summed E-state index contributed by atoms with van der Waals surface area (Å²) in [7, 11) is 1.65. The molecule has 34 heavy (non-hydrogen) atoms. The maximum Gasteiger partial charge on any atom is 0.280 e. The molecule has 0 aliphatic carbocycles. The molecule has 4 rings (SSSR count). The fraction of sp³-hybridized carbons (Fsp3) is 0.231. The molecule has 174 valence electrons. The van der Waals surface area contributed by atoms with E-state index in [1.54, 1.807) is 31.5 Å². The molecular weight excluding hydrogens is 430 g/mol. The molecule has 0 unspecified atom stereocenters. The van der Waals surface area contributed by atoms with Crippen molar-refractivity contribution in [2.45, 2.75) is 26.8 Å². The summed E-state index contributed by atoms with van der Waals surface area (Å²) in [5, 5.41) is 8.31. The van der Waals surface area contributed by atoms with Crippen LogP contribution in [0.15, 0.2) is 65.7 Å². The number of pyridine rings is 1. The molecule has 1 amide bonds. The Kier molecular flexibility index (Phi) is 6.43. The second-order valence-electron chi connectivity index (χ2n) is 8.46. The molecule has 0 fully saturated rings. The van der Waals surface area contributed by atoms with Crippen molar-refractivity contribution in [2.24, 2.45) is 11.7 Å². The lowest BCUT2D eigenvalue weighted by Gasteiger charge is -2.15. The van der Waals surface area contributed by atoms with E-state index in [1.165, 1.54) is 10.9 Å². The van der Waals surface area contributed by atoms with E-state index in [-0.39, 0.29) is 17.4 Å². The van der Waals surface area contributed by atoms with Crippen molar-refractivity contribution in [1.29, 1.82) is 0 Å². The van der Waals surface area contributed by atoms with Gasteiger partial charge < -0.3 is 15.8 Å². The molecule has 2 heterocycles. The summed E-state index contributed by atoms with van der Waals surface area (Å²) in [6.45, 7) is 5.76.